The van der Waals surface area contributed by atoms with E-state index in [4.69, 9.17) is 9.47 Å². The van der Waals surface area contributed by atoms with E-state index in [2.05, 4.69) is 41.4 Å². The van der Waals surface area contributed by atoms with Crippen molar-refractivity contribution in [2.45, 2.75) is 19.4 Å². The maximum absolute atomic E-state index is 5.20. The molecule has 1 rings (SSSR count). The lowest BCUT2D eigenvalue weighted by molar-refractivity contribution is 0.191. The molecular weight excluding hydrogens is 252 g/mol. The molecule has 0 spiro atoms. The number of benzene rings is 1. The highest BCUT2D eigenvalue weighted by Gasteiger charge is 2.08. The van der Waals surface area contributed by atoms with E-state index < -0.39 is 0 Å². The molecule has 0 heterocycles. The Kier molecular flexibility index (Phi) is 8.26. The quantitative estimate of drug-likeness (QED) is 0.668. The zero-order chi connectivity index (χ0) is 14.8. The standard InChI is InChI=1S/C16H28N2O2/c1-14(17-2)15-6-8-16(9-7-15)18(11-13-20-4)10-5-12-19-3/h6-9,14,17H,5,10-13H2,1-4H3. The summed E-state index contributed by atoms with van der Waals surface area (Å²) in [5, 5.41) is 3.26. The van der Waals surface area contributed by atoms with Gasteiger partial charge in [-0.25, -0.2) is 0 Å². The summed E-state index contributed by atoms with van der Waals surface area (Å²) in [6.07, 6.45) is 1.02. The van der Waals surface area contributed by atoms with E-state index in [-0.39, 0.29) is 0 Å². The van der Waals surface area contributed by atoms with E-state index in [1.54, 1.807) is 14.2 Å². The molecule has 1 aromatic rings. The predicted octanol–water partition coefficient (Wildman–Crippen LogP) is 2.46. The lowest BCUT2D eigenvalue weighted by Crippen LogP contribution is -2.29. The van der Waals surface area contributed by atoms with Crippen molar-refractivity contribution in [1.82, 2.24) is 5.32 Å². The normalized spacial score (nSPS) is 12.4. The van der Waals surface area contributed by atoms with Crippen molar-refractivity contribution in [2.24, 2.45) is 0 Å². The molecule has 0 aliphatic carbocycles. The molecular formula is C16H28N2O2. The van der Waals surface area contributed by atoms with Gasteiger partial charge in [0.25, 0.3) is 0 Å². The highest BCUT2D eigenvalue weighted by molar-refractivity contribution is 5.48. The summed E-state index contributed by atoms with van der Waals surface area (Å²) in [5.41, 5.74) is 2.55. The summed E-state index contributed by atoms with van der Waals surface area (Å²) in [6.45, 7) is 5.58. The third kappa shape index (κ3) is 5.49. The van der Waals surface area contributed by atoms with Crippen molar-refractivity contribution >= 4 is 5.69 Å². The van der Waals surface area contributed by atoms with Gasteiger partial charge in [0.05, 0.1) is 6.61 Å². The Morgan fingerprint density at radius 3 is 2.25 bits per heavy atom. The first-order valence-corrected chi connectivity index (χ1v) is 7.23. The molecule has 4 nitrogen and oxygen atoms in total. The topological polar surface area (TPSA) is 33.7 Å². The number of methoxy groups -OCH3 is 2. The SMILES string of the molecule is CNC(C)c1ccc(N(CCCOC)CCOC)cc1. The average molecular weight is 280 g/mol. The molecule has 0 amide bonds. The van der Waals surface area contributed by atoms with Gasteiger partial charge in [-0.1, -0.05) is 12.1 Å². The maximum atomic E-state index is 5.20. The van der Waals surface area contributed by atoms with Crippen molar-refractivity contribution in [1.29, 1.82) is 0 Å². The molecule has 0 radical (unpaired) electrons. The fourth-order valence-corrected chi connectivity index (χ4v) is 2.11. The summed E-state index contributed by atoms with van der Waals surface area (Å²) in [4.78, 5) is 2.34. The minimum Gasteiger partial charge on any atom is -0.385 e. The Balaban J connectivity index is 2.68. The number of ether oxygens (including phenoxy) is 2. The molecule has 20 heavy (non-hydrogen) atoms. The van der Waals surface area contributed by atoms with Crippen LogP contribution in [-0.4, -0.2) is 47.6 Å². The molecule has 0 saturated heterocycles. The third-order valence-corrected chi connectivity index (χ3v) is 3.53. The molecule has 0 saturated carbocycles. The van der Waals surface area contributed by atoms with Crippen molar-refractivity contribution < 1.29 is 9.47 Å². The van der Waals surface area contributed by atoms with Gasteiger partial charge in [0.2, 0.25) is 0 Å². The van der Waals surface area contributed by atoms with Gasteiger partial charge in [0, 0.05) is 45.6 Å². The van der Waals surface area contributed by atoms with Gasteiger partial charge in [-0.2, -0.15) is 0 Å². The lowest BCUT2D eigenvalue weighted by Gasteiger charge is -2.25. The van der Waals surface area contributed by atoms with E-state index in [1.807, 2.05) is 7.05 Å². The summed E-state index contributed by atoms with van der Waals surface area (Å²) >= 11 is 0. The van der Waals surface area contributed by atoms with Crippen LogP contribution < -0.4 is 10.2 Å². The summed E-state index contributed by atoms with van der Waals surface area (Å²) < 4.78 is 10.3. The van der Waals surface area contributed by atoms with Gasteiger partial charge >= 0.3 is 0 Å². The minimum absolute atomic E-state index is 0.380. The number of hydrogen-bond donors (Lipinski definition) is 1. The van der Waals surface area contributed by atoms with Gasteiger partial charge in [0.15, 0.2) is 0 Å². The fourth-order valence-electron chi connectivity index (χ4n) is 2.11. The van der Waals surface area contributed by atoms with Crippen LogP contribution in [0.15, 0.2) is 24.3 Å². The molecule has 0 aromatic heterocycles. The van der Waals surface area contributed by atoms with E-state index in [1.165, 1.54) is 11.3 Å². The Labute approximate surface area is 123 Å². The number of nitrogens with one attached hydrogen (secondary N) is 1. The van der Waals surface area contributed by atoms with E-state index in [0.717, 1.165) is 32.7 Å². The predicted molar refractivity (Wildman–Crippen MR) is 84.5 cm³/mol. The van der Waals surface area contributed by atoms with Gasteiger partial charge in [0.1, 0.15) is 0 Å². The second-order valence-electron chi connectivity index (χ2n) is 4.93. The number of hydrogen-bond acceptors (Lipinski definition) is 4. The molecule has 0 fully saturated rings. The molecule has 0 bridgehead atoms. The molecule has 4 heteroatoms. The summed E-state index contributed by atoms with van der Waals surface area (Å²) in [5.74, 6) is 0. The Morgan fingerprint density at radius 1 is 1.05 bits per heavy atom. The average Bonchev–Trinajstić information content (AvgIpc) is 2.50. The first kappa shape index (κ1) is 17.0. The van der Waals surface area contributed by atoms with E-state index in [0.29, 0.717) is 6.04 Å². The van der Waals surface area contributed by atoms with Gasteiger partial charge in [-0.05, 0) is 38.1 Å². The van der Waals surface area contributed by atoms with Crippen LogP contribution in [0.5, 0.6) is 0 Å². The van der Waals surface area contributed by atoms with Crippen LogP contribution in [0.3, 0.4) is 0 Å². The van der Waals surface area contributed by atoms with Crippen LogP contribution in [0, 0.1) is 0 Å². The zero-order valence-corrected chi connectivity index (χ0v) is 13.2. The highest BCUT2D eigenvalue weighted by Crippen LogP contribution is 2.19. The second-order valence-corrected chi connectivity index (χ2v) is 4.93. The van der Waals surface area contributed by atoms with Crippen molar-refractivity contribution in [3.05, 3.63) is 29.8 Å². The molecule has 1 N–H and O–H groups in total. The van der Waals surface area contributed by atoms with E-state index in [9.17, 15) is 0 Å². The first-order valence-electron chi connectivity index (χ1n) is 7.23. The number of anilines is 1. The van der Waals surface area contributed by atoms with Crippen LogP contribution in [0.1, 0.15) is 24.9 Å². The number of nitrogens with zero attached hydrogens (tertiary/aromatic N) is 1. The van der Waals surface area contributed by atoms with Crippen LogP contribution in [0.2, 0.25) is 0 Å². The van der Waals surface area contributed by atoms with Crippen LogP contribution in [-0.2, 0) is 9.47 Å². The molecule has 1 unspecified atom stereocenters. The number of rotatable bonds is 10. The Morgan fingerprint density at radius 2 is 1.70 bits per heavy atom. The van der Waals surface area contributed by atoms with Gasteiger partial charge in [-0.15, -0.1) is 0 Å². The molecule has 1 aromatic carbocycles. The van der Waals surface area contributed by atoms with Crippen LogP contribution in [0.25, 0.3) is 0 Å². The van der Waals surface area contributed by atoms with Gasteiger partial charge < -0.3 is 19.7 Å². The minimum atomic E-state index is 0.380. The largest absolute Gasteiger partial charge is 0.385 e. The van der Waals surface area contributed by atoms with Crippen molar-refractivity contribution in [3.8, 4) is 0 Å². The smallest absolute Gasteiger partial charge is 0.0637 e. The van der Waals surface area contributed by atoms with Gasteiger partial charge in [-0.3, -0.25) is 0 Å². The van der Waals surface area contributed by atoms with Crippen molar-refractivity contribution in [3.63, 3.8) is 0 Å². The highest BCUT2D eigenvalue weighted by atomic mass is 16.5. The lowest BCUT2D eigenvalue weighted by atomic mass is 10.1. The summed E-state index contributed by atoms with van der Waals surface area (Å²) in [7, 11) is 5.46. The third-order valence-electron chi connectivity index (χ3n) is 3.53. The summed E-state index contributed by atoms with van der Waals surface area (Å²) in [6, 6.07) is 9.13. The van der Waals surface area contributed by atoms with Crippen molar-refractivity contribution in [2.75, 3.05) is 52.5 Å². The van der Waals surface area contributed by atoms with Crippen LogP contribution >= 0.6 is 0 Å². The monoisotopic (exact) mass is 280 g/mol. The van der Waals surface area contributed by atoms with E-state index >= 15 is 0 Å². The molecule has 0 aliphatic rings. The Hall–Kier alpha value is -1.10. The van der Waals surface area contributed by atoms with Crippen LogP contribution in [0.4, 0.5) is 5.69 Å². The Bertz CT molecular complexity index is 354. The maximum Gasteiger partial charge on any atom is 0.0637 e. The zero-order valence-electron chi connectivity index (χ0n) is 13.2. The molecule has 1 atom stereocenters. The second kappa shape index (κ2) is 9.75. The fraction of sp³-hybridized carbons (Fsp3) is 0.625. The molecule has 0 aliphatic heterocycles. The first-order chi connectivity index (χ1) is 9.72. The molecule has 114 valence electrons.